The van der Waals surface area contributed by atoms with Gasteiger partial charge in [0.15, 0.2) is 0 Å². The van der Waals surface area contributed by atoms with Crippen LogP contribution in [0.1, 0.15) is 17.5 Å². The van der Waals surface area contributed by atoms with E-state index >= 15 is 0 Å². The van der Waals surface area contributed by atoms with Crippen LogP contribution in [-0.4, -0.2) is 5.38 Å². The molecule has 0 fully saturated rings. The average Bonchev–Trinajstić information content (AvgIpc) is 2.33. The predicted molar refractivity (Wildman–Crippen MR) is 64.3 cm³/mol. The van der Waals surface area contributed by atoms with Crippen molar-refractivity contribution in [2.75, 3.05) is 0 Å². The summed E-state index contributed by atoms with van der Waals surface area (Å²) in [7, 11) is 0. The minimum Gasteiger partial charge on any atom is -0.392 e. The molecule has 1 unspecified atom stereocenters. The molecule has 0 aromatic heterocycles. The van der Waals surface area contributed by atoms with E-state index in [1.807, 2.05) is 12.1 Å². The van der Waals surface area contributed by atoms with Crippen molar-refractivity contribution in [3.8, 4) is 6.07 Å². The van der Waals surface area contributed by atoms with Crippen molar-refractivity contribution in [1.29, 1.82) is 5.26 Å². The predicted octanol–water partition coefficient (Wildman–Crippen LogP) is 2.81. The van der Waals surface area contributed by atoms with E-state index in [2.05, 4.69) is 24.0 Å². The first-order valence-electron chi connectivity index (χ1n) is 4.92. The van der Waals surface area contributed by atoms with Crippen molar-refractivity contribution in [1.82, 2.24) is 5.32 Å². The van der Waals surface area contributed by atoms with Gasteiger partial charge in [-0.05, 0) is 0 Å². The van der Waals surface area contributed by atoms with Crippen molar-refractivity contribution in [3.05, 3.63) is 53.7 Å². The molecule has 0 spiro atoms. The molecule has 0 bridgehead atoms. The molecule has 83 valence electrons. The van der Waals surface area contributed by atoms with Crippen LogP contribution >= 0.6 is 11.6 Å². The van der Waals surface area contributed by atoms with Crippen molar-refractivity contribution < 1.29 is 32.7 Å². The molecular formula is C13H10ClN2Y-. The van der Waals surface area contributed by atoms with Crippen molar-refractivity contribution in [3.63, 3.8) is 0 Å². The SMILES string of the molecule is C=C1NC(c2ccc(C#N)cc2)=[C-]CC1Cl.[Y]. The van der Waals surface area contributed by atoms with Gasteiger partial charge >= 0.3 is 0 Å². The third-order valence-electron chi connectivity index (χ3n) is 2.42. The Bertz CT molecular complexity index is 485. The van der Waals surface area contributed by atoms with Gasteiger partial charge in [-0.25, -0.2) is 6.08 Å². The van der Waals surface area contributed by atoms with Crippen LogP contribution in [-0.2, 0) is 32.7 Å². The summed E-state index contributed by atoms with van der Waals surface area (Å²) in [6.45, 7) is 3.85. The molecule has 0 aliphatic carbocycles. The zero-order valence-electron chi connectivity index (χ0n) is 9.20. The second-order valence-electron chi connectivity index (χ2n) is 3.56. The number of halogens is 1. The number of benzene rings is 1. The summed E-state index contributed by atoms with van der Waals surface area (Å²) in [6.07, 6.45) is 3.84. The molecule has 1 heterocycles. The minimum atomic E-state index is -0.0952. The number of nitrogens with one attached hydrogen (secondary N) is 1. The molecule has 17 heavy (non-hydrogen) atoms. The number of alkyl halides is 1. The summed E-state index contributed by atoms with van der Waals surface area (Å²) in [5.74, 6) is 0. The quantitative estimate of drug-likeness (QED) is 0.638. The third-order valence-corrected chi connectivity index (χ3v) is 2.84. The van der Waals surface area contributed by atoms with E-state index in [-0.39, 0.29) is 38.1 Å². The molecule has 0 amide bonds. The molecule has 1 aliphatic heterocycles. The van der Waals surface area contributed by atoms with Gasteiger partial charge in [0, 0.05) is 44.0 Å². The molecule has 1 radical (unpaired) electrons. The Morgan fingerprint density at radius 1 is 1.41 bits per heavy atom. The van der Waals surface area contributed by atoms with E-state index in [1.165, 1.54) is 0 Å². The molecule has 4 heteroatoms. The van der Waals surface area contributed by atoms with E-state index in [0.717, 1.165) is 17.0 Å². The average molecular weight is 319 g/mol. The fraction of sp³-hybridized carbons (Fsp3) is 0.154. The van der Waals surface area contributed by atoms with Gasteiger partial charge in [-0.2, -0.15) is 10.8 Å². The Morgan fingerprint density at radius 3 is 2.59 bits per heavy atom. The van der Waals surface area contributed by atoms with E-state index in [4.69, 9.17) is 16.9 Å². The maximum Gasteiger partial charge on any atom is 0.0990 e. The molecule has 1 aromatic carbocycles. The summed E-state index contributed by atoms with van der Waals surface area (Å²) in [5.41, 5.74) is 3.31. The largest absolute Gasteiger partial charge is 0.392 e. The van der Waals surface area contributed by atoms with Crippen LogP contribution < -0.4 is 5.32 Å². The third kappa shape index (κ3) is 3.42. The monoisotopic (exact) mass is 318 g/mol. The van der Waals surface area contributed by atoms with Gasteiger partial charge in [0.05, 0.1) is 11.4 Å². The first-order chi connectivity index (χ1) is 7.70. The van der Waals surface area contributed by atoms with Gasteiger partial charge in [0.2, 0.25) is 0 Å². The zero-order valence-corrected chi connectivity index (χ0v) is 12.8. The molecular weight excluding hydrogens is 309 g/mol. The maximum atomic E-state index is 8.70. The molecule has 1 aliphatic rings. The molecule has 1 N–H and O–H groups in total. The fourth-order valence-corrected chi connectivity index (χ4v) is 1.62. The van der Waals surface area contributed by atoms with Gasteiger partial charge in [-0.15, -0.1) is 29.4 Å². The summed E-state index contributed by atoms with van der Waals surface area (Å²) >= 11 is 5.99. The number of nitrogens with zero attached hydrogens (tertiary/aromatic N) is 1. The summed E-state index contributed by atoms with van der Waals surface area (Å²) in [5, 5.41) is 11.7. The van der Waals surface area contributed by atoms with E-state index < -0.39 is 0 Å². The molecule has 0 saturated heterocycles. The van der Waals surface area contributed by atoms with E-state index in [0.29, 0.717) is 12.0 Å². The number of allylic oxidation sites excluding steroid dienone is 2. The van der Waals surface area contributed by atoms with Crippen molar-refractivity contribution >= 4 is 17.3 Å². The standard InChI is InChI=1S/C13H10ClN2.Y/c1-9-12(14)6-7-13(16-9)11-4-2-10(8-15)3-5-11;/h2-5,12,16H,1,6H2;/q-1;. The topological polar surface area (TPSA) is 35.8 Å². The number of hydrogen-bond donors (Lipinski definition) is 1. The van der Waals surface area contributed by atoms with Crippen LogP contribution in [0.2, 0.25) is 0 Å². The second kappa shape index (κ2) is 6.35. The Morgan fingerprint density at radius 2 is 2.06 bits per heavy atom. The normalized spacial score (nSPS) is 18.5. The molecule has 1 atom stereocenters. The first-order valence-corrected chi connectivity index (χ1v) is 5.35. The van der Waals surface area contributed by atoms with Crippen molar-refractivity contribution in [2.24, 2.45) is 0 Å². The first kappa shape index (κ1) is 14.4. The zero-order chi connectivity index (χ0) is 11.5. The fourth-order valence-electron chi connectivity index (χ4n) is 1.48. The van der Waals surface area contributed by atoms with Crippen LogP contribution in [0.3, 0.4) is 0 Å². The minimum absolute atomic E-state index is 0. The Kier molecular flexibility index (Phi) is 5.40. The summed E-state index contributed by atoms with van der Waals surface area (Å²) in [4.78, 5) is 0. The van der Waals surface area contributed by atoms with Crippen LogP contribution in [0.5, 0.6) is 0 Å². The van der Waals surface area contributed by atoms with Crippen LogP contribution in [0.25, 0.3) is 5.70 Å². The summed E-state index contributed by atoms with van der Waals surface area (Å²) < 4.78 is 0. The maximum absolute atomic E-state index is 8.70. The second-order valence-corrected chi connectivity index (χ2v) is 4.09. The van der Waals surface area contributed by atoms with Gasteiger partial charge < -0.3 is 5.32 Å². The molecule has 0 saturated carbocycles. The summed E-state index contributed by atoms with van der Waals surface area (Å²) in [6, 6.07) is 9.41. The Labute approximate surface area is 131 Å². The molecule has 2 nitrogen and oxygen atoms in total. The smallest absolute Gasteiger partial charge is 0.0990 e. The number of rotatable bonds is 1. The Hall–Kier alpha value is -0.616. The number of nitriles is 1. The van der Waals surface area contributed by atoms with Gasteiger partial charge in [0.1, 0.15) is 0 Å². The van der Waals surface area contributed by atoms with Gasteiger partial charge in [-0.1, -0.05) is 25.1 Å². The molecule has 1 aromatic rings. The molecule has 2 rings (SSSR count). The van der Waals surface area contributed by atoms with Crippen molar-refractivity contribution in [2.45, 2.75) is 11.8 Å². The van der Waals surface area contributed by atoms with Crippen LogP contribution in [0.4, 0.5) is 0 Å². The van der Waals surface area contributed by atoms with Gasteiger partial charge in [-0.3, -0.25) is 0 Å². The van der Waals surface area contributed by atoms with Crippen LogP contribution in [0, 0.1) is 17.4 Å². The Balaban J connectivity index is 0.00000144. The van der Waals surface area contributed by atoms with Gasteiger partial charge in [0.25, 0.3) is 0 Å². The van der Waals surface area contributed by atoms with E-state index in [9.17, 15) is 0 Å². The van der Waals surface area contributed by atoms with Crippen LogP contribution in [0.15, 0.2) is 36.5 Å². The van der Waals surface area contributed by atoms with E-state index in [1.54, 1.807) is 12.1 Å². The number of hydrogen-bond acceptors (Lipinski definition) is 2.